The Morgan fingerprint density at radius 2 is 2.44 bits per heavy atom. The molecule has 0 aromatic heterocycles. The lowest BCUT2D eigenvalue weighted by Gasteiger charge is -1.92. The summed E-state index contributed by atoms with van der Waals surface area (Å²) in [6, 6.07) is 0. The van der Waals surface area contributed by atoms with E-state index in [1.54, 1.807) is 6.08 Å². The molecule has 0 amide bonds. The topological polar surface area (TPSA) is 26.3 Å². The molecule has 0 saturated carbocycles. The summed E-state index contributed by atoms with van der Waals surface area (Å²) in [5.41, 5.74) is 0. The van der Waals surface area contributed by atoms with E-state index in [2.05, 4.69) is 11.7 Å². The van der Waals surface area contributed by atoms with E-state index < -0.39 is 0 Å². The Balaban J connectivity index is 3.37. The maximum absolute atomic E-state index is 10.5. The molecule has 2 heteroatoms. The van der Waals surface area contributed by atoms with Crippen LogP contribution in [0.2, 0.25) is 0 Å². The van der Waals surface area contributed by atoms with Gasteiger partial charge in [-0.15, -0.1) is 0 Å². The zero-order valence-corrected chi connectivity index (χ0v) is 5.59. The van der Waals surface area contributed by atoms with Gasteiger partial charge in [-0.05, 0) is 13.3 Å². The van der Waals surface area contributed by atoms with Crippen molar-refractivity contribution in [1.82, 2.24) is 0 Å². The van der Waals surface area contributed by atoms with Gasteiger partial charge in [0.1, 0.15) is 0 Å². The monoisotopic (exact) mass is 127 g/mol. The first kappa shape index (κ1) is 8.21. The maximum Gasteiger partial charge on any atom is 0.330 e. The Morgan fingerprint density at radius 3 is 2.89 bits per heavy atom. The van der Waals surface area contributed by atoms with Gasteiger partial charge in [0.2, 0.25) is 0 Å². The molecule has 0 unspecified atom stereocenters. The number of hydrogen-bond acceptors (Lipinski definition) is 2. The molecule has 0 aliphatic rings. The highest BCUT2D eigenvalue weighted by Gasteiger charge is 1.89. The van der Waals surface area contributed by atoms with Crippen LogP contribution in [0.3, 0.4) is 0 Å². The largest absolute Gasteiger partial charge is 0.463 e. The number of carbonyl (C=O) groups excluding carboxylic acids is 1. The zero-order valence-electron chi connectivity index (χ0n) is 5.59. The second kappa shape index (κ2) is 5.35. The van der Waals surface area contributed by atoms with Crippen molar-refractivity contribution < 1.29 is 9.53 Å². The van der Waals surface area contributed by atoms with Crippen LogP contribution in [0.5, 0.6) is 0 Å². The molecular formula is C7H11O2. The van der Waals surface area contributed by atoms with Gasteiger partial charge in [0.25, 0.3) is 0 Å². The zero-order chi connectivity index (χ0) is 7.11. The first-order valence-corrected chi connectivity index (χ1v) is 2.93. The van der Waals surface area contributed by atoms with E-state index in [-0.39, 0.29) is 12.6 Å². The lowest BCUT2D eigenvalue weighted by Crippen LogP contribution is -1.98. The Bertz CT molecular complexity index is 105. The van der Waals surface area contributed by atoms with Crippen LogP contribution in [-0.2, 0) is 9.53 Å². The SMILES string of the molecule is [CH2]COC(=O)C=CCC. The smallest absolute Gasteiger partial charge is 0.330 e. The van der Waals surface area contributed by atoms with Crippen molar-refractivity contribution in [1.29, 1.82) is 0 Å². The van der Waals surface area contributed by atoms with Gasteiger partial charge in [-0.3, -0.25) is 0 Å². The molecule has 51 valence electrons. The van der Waals surface area contributed by atoms with Crippen molar-refractivity contribution in [2.75, 3.05) is 6.61 Å². The predicted molar refractivity (Wildman–Crippen MR) is 35.7 cm³/mol. The molecule has 2 nitrogen and oxygen atoms in total. The van der Waals surface area contributed by atoms with Crippen LogP contribution in [0.15, 0.2) is 12.2 Å². The number of hydrogen-bond donors (Lipinski definition) is 0. The number of esters is 1. The predicted octanol–water partition coefficient (Wildman–Crippen LogP) is 1.33. The molecule has 0 bridgehead atoms. The number of rotatable bonds is 3. The lowest BCUT2D eigenvalue weighted by atomic mass is 10.4. The van der Waals surface area contributed by atoms with Gasteiger partial charge < -0.3 is 4.74 Å². The molecule has 0 rings (SSSR count). The molecule has 0 aliphatic heterocycles. The molecule has 0 fully saturated rings. The van der Waals surface area contributed by atoms with E-state index in [1.165, 1.54) is 6.08 Å². The number of ether oxygens (including phenoxy) is 1. The molecule has 0 heterocycles. The molecule has 0 saturated heterocycles. The van der Waals surface area contributed by atoms with Crippen molar-refractivity contribution in [3.8, 4) is 0 Å². The fraction of sp³-hybridized carbons (Fsp3) is 0.429. The van der Waals surface area contributed by atoms with E-state index in [4.69, 9.17) is 0 Å². The minimum atomic E-state index is -0.313. The van der Waals surface area contributed by atoms with E-state index in [0.29, 0.717) is 0 Å². The number of allylic oxidation sites excluding steroid dienone is 1. The first-order chi connectivity index (χ1) is 4.31. The molecule has 0 aliphatic carbocycles. The fourth-order valence-corrected chi connectivity index (χ4v) is 0.363. The van der Waals surface area contributed by atoms with Crippen LogP contribution < -0.4 is 0 Å². The molecular weight excluding hydrogens is 116 g/mol. The number of carbonyl (C=O) groups is 1. The minimum absolute atomic E-state index is 0.201. The average molecular weight is 127 g/mol. The van der Waals surface area contributed by atoms with Gasteiger partial charge in [-0.2, -0.15) is 0 Å². The normalized spacial score (nSPS) is 10.0. The Kier molecular flexibility index (Phi) is 4.88. The van der Waals surface area contributed by atoms with Crippen molar-refractivity contribution in [3.05, 3.63) is 19.1 Å². The van der Waals surface area contributed by atoms with Crippen molar-refractivity contribution in [2.45, 2.75) is 13.3 Å². The summed E-state index contributed by atoms with van der Waals surface area (Å²) in [5, 5.41) is 0. The van der Waals surface area contributed by atoms with Crippen LogP contribution in [0.25, 0.3) is 0 Å². The van der Waals surface area contributed by atoms with E-state index >= 15 is 0 Å². The van der Waals surface area contributed by atoms with Crippen molar-refractivity contribution in [3.63, 3.8) is 0 Å². The fourth-order valence-electron chi connectivity index (χ4n) is 0.363. The van der Waals surface area contributed by atoms with E-state index in [0.717, 1.165) is 6.42 Å². The summed E-state index contributed by atoms with van der Waals surface area (Å²) in [4.78, 5) is 10.5. The van der Waals surface area contributed by atoms with Crippen LogP contribution in [0.1, 0.15) is 13.3 Å². The summed E-state index contributed by atoms with van der Waals surface area (Å²) in [6.45, 7) is 5.51. The third-order valence-corrected chi connectivity index (χ3v) is 0.734. The van der Waals surface area contributed by atoms with Crippen LogP contribution in [0, 0.1) is 6.92 Å². The van der Waals surface area contributed by atoms with Crippen LogP contribution in [0.4, 0.5) is 0 Å². The molecule has 9 heavy (non-hydrogen) atoms. The summed E-state index contributed by atoms with van der Waals surface area (Å²) < 4.78 is 4.51. The maximum atomic E-state index is 10.5. The Morgan fingerprint density at radius 1 is 1.78 bits per heavy atom. The Labute approximate surface area is 55.5 Å². The van der Waals surface area contributed by atoms with Gasteiger partial charge in [0, 0.05) is 6.08 Å². The summed E-state index contributed by atoms with van der Waals surface area (Å²) in [5.74, 6) is -0.313. The highest BCUT2D eigenvalue weighted by atomic mass is 16.5. The third-order valence-electron chi connectivity index (χ3n) is 0.734. The highest BCUT2D eigenvalue weighted by Crippen LogP contribution is 1.83. The first-order valence-electron chi connectivity index (χ1n) is 2.93. The van der Waals surface area contributed by atoms with Gasteiger partial charge in [0.05, 0.1) is 6.61 Å². The minimum Gasteiger partial charge on any atom is -0.463 e. The lowest BCUT2D eigenvalue weighted by molar-refractivity contribution is -0.136. The van der Waals surface area contributed by atoms with Crippen LogP contribution in [-0.4, -0.2) is 12.6 Å². The van der Waals surface area contributed by atoms with Gasteiger partial charge in [0.15, 0.2) is 0 Å². The average Bonchev–Trinajstić information content (AvgIpc) is 1.85. The molecule has 0 spiro atoms. The van der Waals surface area contributed by atoms with Crippen molar-refractivity contribution in [2.24, 2.45) is 0 Å². The summed E-state index contributed by atoms with van der Waals surface area (Å²) in [6.07, 6.45) is 4.01. The van der Waals surface area contributed by atoms with E-state index in [1.807, 2.05) is 6.92 Å². The molecule has 0 N–H and O–H groups in total. The quantitative estimate of drug-likeness (QED) is 0.422. The van der Waals surface area contributed by atoms with Crippen molar-refractivity contribution >= 4 is 5.97 Å². The third kappa shape index (κ3) is 5.07. The van der Waals surface area contributed by atoms with Crippen LogP contribution >= 0.6 is 0 Å². The molecule has 1 radical (unpaired) electrons. The second-order valence-electron chi connectivity index (χ2n) is 1.48. The van der Waals surface area contributed by atoms with Gasteiger partial charge in [-0.1, -0.05) is 13.0 Å². The molecule has 0 atom stereocenters. The summed E-state index contributed by atoms with van der Waals surface area (Å²) >= 11 is 0. The highest BCUT2D eigenvalue weighted by molar-refractivity contribution is 5.81. The molecule has 0 aromatic carbocycles. The second-order valence-corrected chi connectivity index (χ2v) is 1.48. The Hall–Kier alpha value is -0.790. The van der Waals surface area contributed by atoms with Gasteiger partial charge >= 0.3 is 5.97 Å². The summed E-state index contributed by atoms with van der Waals surface area (Å²) in [7, 11) is 0. The van der Waals surface area contributed by atoms with Gasteiger partial charge in [-0.25, -0.2) is 4.79 Å². The molecule has 0 aromatic rings. The standard InChI is InChI=1S/C7H11O2/c1-3-5-6-7(8)9-4-2/h5-6H,2-4H2,1H3. The van der Waals surface area contributed by atoms with E-state index in [9.17, 15) is 4.79 Å².